The van der Waals surface area contributed by atoms with E-state index in [-0.39, 0.29) is 17.1 Å². The van der Waals surface area contributed by atoms with Crippen molar-refractivity contribution in [2.75, 3.05) is 14.1 Å². The molecule has 0 unspecified atom stereocenters. The van der Waals surface area contributed by atoms with E-state index in [9.17, 15) is 4.79 Å². The van der Waals surface area contributed by atoms with Crippen molar-refractivity contribution in [3.8, 4) is 5.69 Å². The van der Waals surface area contributed by atoms with E-state index in [2.05, 4.69) is 22.0 Å². The lowest BCUT2D eigenvalue weighted by Crippen LogP contribution is -2.21. The SMILES string of the molecule is C[C@H](Sc1nnc([C@H](C)N(C)C)n1-c1ccc(Cl)cc1)C(=O)c1ccccc1. The van der Waals surface area contributed by atoms with Gasteiger partial charge in [0.15, 0.2) is 16.8 Å². The summed E-state index contributed by atoms with van der Waals surface area (Å²) < 4.78 is 2.00. The minimum Gasteiger partial charge on any atom is -0.300 e. The molecule has 0 spiro atoms. The monoisotopic (exact) mass is 414 g/mol. The summed E-state index contributed by atoms with van der Waals surface area (Å²) in [6, 6.07) is 16.9. The maximum atomic E-state index is 12.8. The summed E-state index contributed by atoms with van der Waals surface area (Å²) >= 11 is 7.47. The van der Waals surface area contributed by atoms with Gasteiger partial charge in [0, 0.05) is 16.3 Å². The van der Waals surface area contributed by atoms with E-state index in [4.69, 9.17) is 11.6 Å². The number of carbonyl (C=O) groups excluding carboxylic acids is 1. The number of Topliss-reactive ketones (excluding diaryl/α,β-unsaturated/α-hetero) is 1. The molecule has 0 saturated carbocycles. The molecule has 146 valence electrons. The van der Waals surface area contributed by atoms with Gasteiger partial charge < -0.3 is 0 Å². The van der Waals surface area contributed by atoms with E-state index in [0.29, 0.717) is 15.7 Å². The number of benzene rings is 2. The van der Waals surface area contributed by atoms with Crippen molar-refractivity contribution in [3.63, 3.8) is 0 Å². The number of rotatable bonds is 7. The molecule has 0 N–H and O–H groups in total. The van der Waals surface area contributed by atoms with Crippen LogP contribution in [0.15, 0.2) is 59.8 Å². The molecule has 5 nitrogen and oxygen atoms in total. The van der Waals surface area contributed by atoms with Crippen molar-refractivity contribution < 1.29 is 4.79 Å². The first-order chi connectivity index (χ1) is 13.4. The standard InChI is InChI=1S/C21H23ClN4OS/c1-14(25(3)4)20-23-24-21(26(20)18-12-10-17(22)11-13-18)28-15(2)19(27)16-8-6-5-7-9-16/h5-15H,1-4H3/t14-,15-/m0/s1. The van der Waals surface area contributed by atoms with Crippen molar-refractivity contribution in [1.29, 1.82) is 0 Å². The smallest absolute Gasteiger partial charge is 0.196 e. The minimum absolute atomic E-state index is 0.0534. The van der Waals surface area contributed by atoms with Gasteiger partial charge in [0.1, 0.15) is 0 Å². The van der Waals surface area contributed by atoms with Crippen molar-refractivity contribution in [2.24, 2.45) is 0 Å². The Morgan fingerprint density at radius 2 is 1.68 bits per heavy atom. The molecule has 2 aromatic carbocycles. The Hall–Kier alpha value is -2.15. The van der Waals surface area contributed by atoms with Crippen LogP contribution in [0.25, 0.3) is 5.69 Å². The molecule has 7 heteroatoms. The van der Waals surface area contributed by atoms with Crippen LogP contribution in [0.3, 0.4) is 0 Å². The lowest BCUT2D eigenvalue weighted by molar-refractivity contribution is 0.0994. The van der Waals surface area contributed by atoms with Crippen molar-refractivity contribution in [1.82, 2.24) is 19.7 Å². The summed E-state index contributed by atoms with van der Waals surface area (Å²) in [7, 11) is 4.00. The van der Waals surface area contributed by atoms with E-state index in [1.165, 1.54) is 11.8 Å². The first-order valence-electron chi connectivity index (χ1n) is 9.02. The molecule has 1 aromatic heterocycles. The number of hydrogen-bond acceptors (Lipinski definition) is 5. The maximum Gasteiger partial charge on any atom is 0.196 e. The highest BCUT2D eigenvalue weighted by Crippen LogP contribution is 2.30. The topological polar surface area (TPSA) is 51.0 Å². The van der Waals surface area contributed by atoms with Gasteiger partial charge in [0.2, 0.25) is 0 Å². The van der Waals surface area contributed by atoms with Crippen LogP contribution in [0.4, 0.5) is 0 Å². The number of halogens is 1. The average Bonchev–Trinajstić information content (AvgIpc) is 3.11. The minimum atomic E-state index is -0.292. The highest BCUT2D eigenvalue weighted by atomic mass is 35.5. The number of nitrogens with zero attached hydrogens (tertiary/aromatic N) is 4. The molecule has 28 heavy (non-hydrogen) atoms. The first-order valence-corrected chi connectivity index (χ1v) is 10.3. The summed E-state index contributed by atoms with van der Waals surface area (Å²) in [5.74, 6) is 0.882. The number of carbonyl (C=O) groups is 1. The van der Waals surface area contributed by atoms with Crippen LogP contribution in [-0.4, -0.2) is 44.8 Å². The lowest BCUT2D eigenvalue weighted by Gasteiger charge is -2.21. The number of hydrogen-bond donors (Lipinski definition) is 0. The fourth-order valence-electron chi connectivity index (χ4n) is 2.74. The Bertz CT molecular complexity index is 941. The summed E-state index contributed by atoms with van der Waals surface area (Å²) in [6.45, 7) is 3.97. The van der Waals surface area contributed by atoms with Gasteiger partial charge in [-0.25, -0.2) is 0 Å². The van der Waals surface area contributed by atoms with Gasteiger partial charge in [0.05, 0.1) is 11.3 Å². The molecule has 0 radical (unpaired) electrons. The molecule has 3 rings (SSSR count). The maximum absolute atomic E-state index is 12.8. The zero-order chi connectivity index (χ0) is 20.3. The molecule has 0 bridgehead atoms. The molecular weight excluding hydrogens is 392 g/mol. The molecule has 0 fully saturated rings. The fourth-order valence-corrected chi connectivity index (χ4v) is 3.82. The Kier molecular flexibility index (Phi) is 6.54. The molecule has 0 aliphatic carbocycles. The average molecular weight is 415 g/mol. The van der Waals surface area contributed by atoms with Crippen LogP contribution in [0.2, 0.25) is 5.02 Å². The van der Waals surface area contributed by atoms with Crippen molar-refractivity contribution in [2.45, 2.75) is 30.3 Å². The predicted octanol–water partition coefficient (Wildman–Crippen LogP) is 4.91. The fraction of sp³-hybridized carbons (Fsp3) is 0.286. The number of aromatic nitrogens is 3. The van der Waals surface area contributed by atoms with E-state index < -0.39 is 0 Å². The van der Waals surface area contributed by atoms with Crippen LogP contribution in [0.5, 0.6) is 0 Å². The molecule has 0 aliphatic heterocycles. The Morgan fingerprint density at radius 1 is 1.04 bits per heavy atom. The van der Waals surface area contributed by atoms with Gasteiger partial charge in [-0.3, -0.25) is 14.3 Å². The second-order valence-corrected chi connectivity index (χ2v) is 8.53. The summed E-state index contributed by atoms with van der Waals surface area (Å²) in [4.78, 5) is 14.9. The van der Waals surface area contributed by atoms with Gasteiger partial charge in [0.25, 0.3) is 0 Å². The molecule has 0 aliphatic rings. The van der Waals surface area contributed by atoms with Crippen molar-refractivity contribution in [3.05, 3.63) is 71.0 Å². The van der Waals surface area contributed by atoms with E-state index >= 15 is 0 Å². The van der Waals surface area contributed by atoms with Crippen LogP contribution in [0, 0.1) is 0 Å². The summed E-state index contributed by atoms with van der Waals surface area (Å²) in [6.07, 6.45) is 0. The third-order valence-electron chi connectivity index (χ3n) is 4.60. The molecule has 0 saturated heterocycles. The van der Waals surface area contributed by atoms with Gasteiger partial charge in [-0.05, 0) is 52.2 Å². The molecule has 1 heterocycles. The van der Waals surface area contributed by atoms with Gasteiger partial charge >= 0.3 is 0 Å². The zero-order valence-corrected chi connectivity index (χ0v) is 17.9. The molecule has 0 amide bonds. The Labute approximate surface area is 174 Å². The number of thioether (sulfide) groups is 1. The summed E-state index contributed by atoms with van der Waals surface area (Å²) in [5, 5.41) is 9.89. The van der Waals surface area contributed by atoms with E-state index in [1.807, 2.05) is 80.2 Å². The third-order valence-corrected chi connectivity index (χ3v) is 5.90. The van der Waals surface area contributed by atoms with Crippen molar-refractivity contribution >= 4 is 29.1 Å². The van der Waals surface area contributed by atoms with Gasteiger partial charge in [-0.15, -0.1) is 10.2 Å². The third kappa shape index (κ3) is 4.46. The van der Waals surface area contributed by atoms with Crippen LogP contribution in [0.1, 0.15) is 36.1 Å². The second kappa shape index (κ2) is 8.90. The normalized spacial score (nSPS) is 13.5. The van der Waals surface area contributed by atoms with Crippen LogP contribution >= 0.6 is 23.4 Å². The van der Waals surface area contributed by atoms with Crippen LogP contribution < -0.4 is 0 Å². The predicted molar refractivity (Wildman–Crippen MR) is 115 cm³/mol. The largest absolute Gasteiger partial charge is 0.300 e. The zero-order valence-electron chi connectivity index (χ0n) is 16.3. The van der Waals surface area contributed by atoms with E-state index in [0.717, 1.165) is 11.5 Å². The van der Waals surface area contributed by atoms with E-state index in [1.54, 1.807) is 0 Å². The van der Waals surface area contributed by atoms with Gasteiger partial charge in [-0.2, -0.15) is 0 Å². The highest BCUT2D eigenvalue weighted by Gasteiger charge is 2.24. The second-order valence-electron chi connectivity index (χ2n) is 6.78. The number of ketones is 1. The van der Waals surface area contributed by atoms with Gasteiger partial charge in [-0.1, -0.05) is 53.7 Å². The molecule has 2 atom stereocenters. The lowest BCUT2D eigenvalue weighted by atomic mass is 10.1. The first kappa shape index (κ1) is 20.6. The van der Waals surface area contributed by atoms with Crippen LogP contribution in [-0.2, 0) is 0 Å². The molecular formula is C21H23ClN4OS. The Balaban J connectivity index is 1.96. The highest BCUT2D eigenvalue weighted by molar-refractivity contribution is 8.00. The molecule has 3 aromatic rings. The summed E-state index contributed by atoms with van der Waals surface area (Å²) in [5.41, 5.74) is 1.61. The Morgan fingerprint density at radius 3 is 2.29 bits per heavy atom. The quantitative estimate of drug-likeness (QED) is 0.406.